The van der Waals surface area contributed by atoms with E-state index in [-0.39, 0.29) is 16.7 Å². The number of sulfone groups is 1. The molecule has 1 saturated heterocycles. The predicted molar refractivity (Wildman–Crippen MR) is 95.1 cm³/mol. The first-order valence-electron chi connectivity index (χ1n) is 8.08. The molecule has 0 radical (unpaired) electrons. The van der Waals surface area contributed by atoms with Crippen LogP contribution in [0.4, 0.5) is 11.4 Å². The summed E-state index contributed by atoms with van der Waals surface area (Å²) in [5, 5.41) is 15.2. The van der Waals surface area contributed by atoms with Gasteiger partial charge < -0.3 is 9.64 Å². The van der Waals surface area contributed by atoms with Crippen molar-refractivity contribution in [3.05, 3.63) is 46.3 Å². The Labute approximate surface area is 151 Å². The Morgan fingerprint density at radius 1 is 1.42 bits per heavy atom. The van der Waals surface area contributed by atoms with Crippen molar-refractivity contribution in [2.24, 2.45) is 0 Å². The summed E-state index contributed by atoms with van der Waals surface area (Å²) in [4.78, 5) is 12.2. The molecule has 0 bridgehead atoms. The number of ether oxygens (including phenoxy) is 1. The van der Waals surface area contributed by atoms with Crippen molar-refractivity contribution in [3.8, 4) is 0 Å². The number of nitro benzene ring substituents is 1. The van der Waals surface area contributed by atoms with Gasteiger partial charge in [0.2, 0.25) is 0 Å². The molecule has 2 aromatic rings. The number of rotatable bonds is 5. The van der Waals surface area contributed by atoms with Crippen molar-refractivity contribution in [1.29, 1.82) is 0 Å². The molecule has 10 heteroatoms. The molecule has 1 atom stereocenters. The zero-order valence-electron chi connectivity index (χ0n) is 14.5. The van der Waals surface area contributed by atoms with Gasteiger partial charge in [-0.25, -0.2) is 8.42 Å². The van der Waals surface area contributed by atoms with E-state index >= 15 is 0 Å². The number of benzene rings is 1. The minimum absolute atomic E-state index is 0.0396. The van der Waals surface area contributed by atoms with E-state index in [4.69, 9.17) is 4.74 Å². The molecular formula is C16H20N4O5S. The van der Waals surface area contributed by atoms with Gasteiger partial charge in [-0.3, -0.25) is 14.8 Å². The largest absolute Gasteiger partial charge is 0.373 e. The molecule has 0 N–H and O–H groups in total. The van der Waals surface area contributed by atoms with Crippen LogP contribution in [-0.2, 0) is 21.1 Å². The standard InChI is InChI=1S/C16H20N4O5S/c1-12-8-17-19(9-12)11-14-10-18(5-6-25-14)15-4-3-13(20(21)22)7-16(15)26(2,23)24/h3-4,7-9,14H,5-6,10-11H2,1-2H3. The summed E-state index contributed by atoms with van der Waals surface area (Å²) in [7, 11) is -3.62. The van der Waals surface area contributed by atoms with E-state index in [2.05, 4.69) is 5.10 Å². The van der Waals surface area contributed by atoms with Crippen LogP contribution in [0.5, 0.6) is 0 Å². The van der Waals surface area contributed by atoms with Crippen LogP contribution in [0.15, 0.2) is 35.5 Å². The molecule has 26 heavy (non-hydrogen) atoms. The molecule has 9 nitrogen and oxygen atoms in total. The van der Waals surface area contributed by atoms with Gasteiger partial charge in [0.05, 0.1) is 41.0 Å². The third kappa shape index (κ3) is 4.02. The second-order valence-corrected chi connectivity index (χ2v) is 8.34. The Hall–Kier alpha value is -2.46. The number of hydrogen-bond acceptors (Lipinski definition) is 7. The minimum atomic E-state index is -3.62. The molecule has 1 aromatic carbocycles. The van der Waals surface area contributed by atoms with Crippen LogP contribution in [0, 0.1) is 17.0 Å². The lowest BCUT2D eigenvalue weighted by Crippen LogP contribution is -2.44. The lowest BCUT2D eigenvalue weighted by atomic mass is 10.2. The van der Waals surface area contributed by atoms with Crippen molar-refractivity contribution >= 4 is 21.2 Å². The quantitative estimate of drug-likeness (QED) is 0.570. The average molecular weight is 380 g/mol. The van der Waals surface area contributed by atoms with E-state index in [1.807, 2.05) is 18.0 Å². The van der Waals surface area contributed by atoms with Crippen LogP contribution in [-0.4, -0.2) is 55.2 Å². The van der Waals surface area contributed by atoms with E-state index < -0.39 is 14.8 Å². The number of aromatic nitrogens is 2. The van der Waals surface area contributed by atoms with Gasteiger partial charge in [0.15, 0.2) is 9.84 Å². The van der Waals surface area contributed by atoms with Crippen molar-refractivity contribution in [1.82, 2.24) is 9.78 Å². The molecule has 3 rings (SSSR count). The van der Waals surface area contributed by atoms with Crippen LogP contribution in [0.2, 0.25) is 0 Å². The highest BCUT2D eigenvalue weighted by atomic mass is 32.2. The fourth-order valence-corrected chi connectivity index (χ4v) is 3.91. The first kappa shape index (κ1) is 18.3. The Morgan fingerprint density at radius 2 is 2.19 bits per heavy atom. The van der Waals surface area contributed by atoms with Gasteiger partial charge in [-0.1, -0.05) is 0 Å². The predicted octanol–water partition coefficient (Wildman–Crippen LogP) is 1.41. The maximum absolute atomic E-state index is 12.2. The number of anilines is 1. The zero-order valence-corrected chi connectivity index (χ0v) is 15.3. The summed E-state index contributed by atoms with van der Waals surface area (Å²) >= 11 is 0. The highest BCUT2D eigenvalue weighted by molar-refractivity contribution is 7.90. The Morgan fingerprint density at radius 3 is 2.81 bits per heavy atom. The molecule has 0 aliphatic carbocycles. The van der Waals surface area contributed by atoms with Gasteiger partial charge in [0.1, 0.15) is 0 Å². The normalized spacial score (nSPS) is 18.1. The summed E-state index contributed by atoms with van der Waals surface area (Å²) in [5.41, 5.74) is 1.27. The first-order chi connectivity index (χ1) is 12.2. The summed E-state index contributed by atoms with van der Waals surface area (Å²) in [5.74, 6) is 0. The smallest absolute Gasteiger partial charge is 0.270 e. The van der Waals surface area contributed by atoms with Gasteiger partial charge in [-0.2, -0.15) is 5.10 Å². The zero-order chi connectivity index (χ0) is 18.9. The van der Waals surface area contributed by atoms with Crippen molar-refractivity contribution in [2.45, 2.75) is 24.5 Å². The molecular weight excluding hydrogens is 360 g/mol. The third-order valence-electron chi connectivity index (χ3n) is 4.19. The summed E-state index contributed by atoms with van der Waals surface area (Å²) in [6.45, 7) is 3.91. The lowest BCUT2D eigenvalue weighted by molar-refractivity contribution is -0.385. The monoisotopic (exact) mass is 380 g/mol. The van der Waals surface area contributed by atoms with Gasteiger partial charge in [-0.15, -0.1) is 0 Å². The maximum atomic E-state index is 12.2. The fraction of sp³-hybridized carbons (Fsp3) is 0.438. The molecule has 1 fully saturated rings. The fourth-order valence-electron chi connectivity index (χ4n) is 3.00. The first-order valence-corrected chi connectivity index (χ1v) is 9.97. The minimum Gasteiger partial charge on any atom is -0.373 e. The highest BCUT2D eigenvalue weighted by Gasteiger charge is 2.27. The van der Waals surface area contributed by atoms with Crippen molar-refractivity contribution < 1.29 is 18.1 Å². The average Bonchev–Trinajstić information content (AvgIpc) is 2.98. The topological polar surface area (TPSA) is 108 Å². The number of non-ortho nitro benzene ring substituents is 1. The van der Waals surface area contributed by atoms with E-state index in [1.54, 1.807) is 10.9 Å². The van der Waals surface area contributed by atoms with Crippen LogP contribution in [0.1, 0.15) is 5.56 Å². The number of hydrogen-bond donors (Lipinski definition) is 0. The van der Waals surface area contributed by atoms with Crippen molar-refractivity contribution in [3.63, 3.8) is 0 Å². The molecule has 140 valence electrons. The molecule has 2 heterocycles. The molecule has 0 spiro atoms. The second-order valence-electron chi connectivity index (χ2n) is 6.36. The molecule has 1 unspecified atom stereocenters. The van der Waals surface area contributed by atoms with E-state index in [0.29, 0.717) is 31.9 Å². The summed E-state index contributed by atoms with van der Waals surface area (Å²) < 4.78 is 31.9. The Balaban J connectivity index is 1.86. The van der Waals surface area contributed by atoms with E-state index in [9.17, 15) is 18.5 Å². The third-order valence-corrected chi connectivity index (χ3v) is 5.31. The molecule has 1 aromatic heterocycles. The molecule has 1 aliphatic rings. The second kappa shape index (κ2) is 7.04. The Kier molecular flexibility index (Phi) is 4.97. The van der Waals surface area contributed by atoms with Crippen molar-refractivity contribution in [2.75, 3.05) is 30.9 Å². The molecule has 0 amide bonds. The summed E-state index contributed by atoms with van der Waals surface area (Å²) in [6.07, 6.45) is 4.57. The van der Waals surface area contributed by atoms with Crippen LogP contribution in [0.25, 0.3) is 0 Å². The number of morpholine rings is 1. The van der Waals surface area contributed by atoms with Gasteiger partial charge in [-0.05, 0) is 18.6 Å². The van der Waals surface area contributed by atoms with Crippen LogP contribution in [0.3, 0.4) is 0 Å². The molecule has 0 saturated carbocycles. The lowest BCUT2D eigenvalue weighted by Gasteiger charge is -2.35. The van der Waals surface area contributed by atoms with E-state index in [0.717, 1.165) is 17.9 Å². The number of nitrogens with zero attached hydrogens (tertiary/aromatic N) is 4. The Bertz CT molecular complexity index is 924. The van der Waals surface area contributed by atoms with E-state index in [1.165, 1.54) is 12.1 Å². The molecule has 1 aliphatic heterocycles. The summed E-state index contributed by atoms with van der Waals surface area (Å²) in [6, 6.07) is 3.94. The van der Waals surface area contributed by atoms with Crippen LogP contribution < -0.4 is 4.90 Å². The van der Waals surface area contributed by atoms with Gasteiger partial charge in [0, 0.05) is 37.7 Å². The number of aryl methyl sites for hydroxylation is 1. The van der Waals surface area contributed by atoms with Gasteiger partial charge in [0.25, 0.3) is 5.69 Å². The maximum Gasteiger partial charge on any atom is 0.270 e. The van der Waals surface area contributed by atoms with Gasteiger partial charge >= 0.3 is 0 Å². The van der Waals surface area contributed by atoms with Crippen LogP contribution >= 0.6 is 0 Å². The highest BCUT2D eigenvalue weighted by Crippen LogP contribution is 2.30. The SMILES string of the molecule is Cc1cnn(CC2CN(c3ccc([N+](=O)[O-])cc3S(C)(=O)=O)CCO2)c1. The number of nitro groups is 1.